The van der Waals surface area contributed by atoms with Gasteiger partial charge >= 0.3 is 11.7 Å². The van der Waals surface area contributed by atoms with Crippen LogP contribution in [0.2, 0.25) is 0 Å². The number of ether oxygens (including phenoxy) is 2. The van der Waals surface area contributed by atoms with Gasteiger partial charge in [-0.2, -0.15) is 0 Å². The Balaban J connectivity index is 1.99. The molecular weight excluding hydrogens is 320 g/mol. The van der Waals surface area contributed by atoms with Gasteiger partial charge in [-0.05, 0) is 18.9 Å². The Hall–Kier alpha value is -2.68. The first kappa shape index (κ1) is 17.7. The molecule has 0 unspecified atom stereocenters. The molecule has 24 heavy (non-hydrogen) atoms. The van der Waals surface area contributed by atoms with Gasteiger partial charge in [-0.15, -0.1) is 0 Å². The number of hydrogen-bond donors (Lipinski definition) is 2. The van der Waals surface area contributed by atoms with E-state index >= 15 is 0 Å². The number of nitrogens with one attached hydrogen (secondary N) is 1. The summed E-state index contributed by atoms with van der Waals surface area (Å²) in [5.74, 6) is -1.56. The zero-order valence-corrected chi connectivity index (χ0v) is 12.9. The van der Waals surface area contributed by atoms with Crippen LogP contribution in [0, 0.1) is 10.1 Å². The number of nitrogens with zero attached hydrogens (tertiary/aromatic N) is 1. The smallest absolute Gasteiger partial charge is 0.310 e. The minimum atomic E-state index is -1.02. The van der Waals surface area contributed by atoms with E-state index in [0.717, 1.165) is 0 Å². The predicted octanol–water partition coefficient (Wildman–Crippen LogP) is 1.11. The highest BCUT2D eigenvalue weighted by molar-refractivity contribution is 5.79. The lowest BCUT2D eigenvalue weighted by Crippen LogP contribution is -2.54. The summed E-state index contributed by atoms with van der Waals surface area (Å²) in [6, 6.07) is 5.73. The lowest BCUT2D eigenvalue weighted by atomic mass is 9.86. The van der Waals surface area contributed by atoms with Gasteiger partial charge in [-0.3, -0.25) is 19.7 Å². The molecule has 9 heteroatoms. The van der Waals surface area contributed by atoms with E-state index in [4.69, 9.17) is 14.6 Å². The summed E-state index contributed by atoms with van der Waals surface area (Å²) in [6.07, 6.45) is 0.556. The van der Waals surface area contributed by atoms with Crippen molar-refractivity contribution in [2.45, 2.75) is 24.8 Å². The fraction of sp³-hybridized carbons (Fsp3) is 0.467. The van der Waals surface area contributed by atoms with Crippen molar-refractivity contribution in [3.8, 4) is 5.75 Å². The molecule has 0 saturated carbocycles. The van der Waals surface area contributed by atoms with Crippen molar-refractivity contribution in [3.63, 3.8) is 0 Å². The highest BCUT2D eigenvalue weighted by Gasteiger charge is 2.36. The first-order valence-electron chi connectivity index (χ1n) is 7.39. The van der Waals surface area contributed by atoms with Gasteiger partial charge in [0.05, 0.1) is 16.9 Å². The molecule has 2 N–H and O–H groups in total. The Kier molecular flexibility index (Phi) is 5.69. The molecule has 130 valence electrons. The lowest BCUT2D eigenvalue weighted by molar-refractivity contribution is -0.385. The van der Waals surface area contributed by atoms with Gasteiger partial charge in [0.15, 0.2) is 12.4 Å². The number of carboxylic acids is 1. The molecule has 0 aliphatic carbocycles. The van der Waals surface area contributed by atoms with Crippen LogP contribution in [0.3, 0.4) is 0 Å². The van der Waals surface area contributed by atoms with Crippen LogP contribution in [-0.4, -0.2) is 47.3 Å². The number of hydrogen-bond acceptors (Lipinski definition) is 6. The Bertz CT molecular complexity index is 626. The van der Waals surface area contributed by atoms with Crippen LogP contribution >= 0.6 is 0 Å². The van der Waals surface area contributed by atoms with Crippen LogP contribution in [0.4, 0.5) is 5.69 Å². The Morgan fingerprint density at radius 1 is 1.33 bits per heavy atom. The summed E-state index contributed by atoms with van der Waals surface area (Å²) >= 11 is 0. The molecule has 1 amide bonds. The van der Waals surface area contributed by atoms with Crippen molar-refractivity contribution in [2.24, 2.45) is 0 Å². The molecular formula is C15H18N2O7. The van der Waals surface area contributed by atoms with E-state index in [0.29, 0.717) is 26.1 Å². The first-order chi connectivity index (χ1) is 11.4. The van der Waals surface area contributed by atoms with Gasteiger partial charge in [0, 0.05) is 19.3 Å². The number of amides is 1. The molecule has 0 atom stereocenters. The second-order valence-corrected chi connectivity index (χ2v) is 5.52. The third-order valence-corrected chi connectivity index (χ3v) is 3.76. The second-order valence-electron chi connectivity index (χ2n) is 5.52. The third-order valence-electron chi connectivity index (χ3n) is 3.76. The number of carboxylic acid groups (broad SMARTS) is 1. The first-order valence-corrected chi connectivity index (χ1v) is 7.39. The average molecular weight is 338 g/mol. The summed E-state index contributed by atoms with van der Waals surface area (Å²) in [4.78, 5) is 33.5. The quantitative estimate of drug-likeness (QED) is 0.563. The van der Waals surface area contributed by atoms with Crippen molar-refractivity contribution >= 4 is 17.6 Å². The average Bonchev–Trinajstić information content (AvgIpc) is 2.53. The highest BCUT2D eigenvalue weighted by atomic mass is 16.6. The van der Waals surface area contributed by atoms with Crippen molar-refractivity contribution in [1.82, 2.24) is 5.32 Å². The molecule has 1 saturated heterocycles. The van der Waals surface area contributed by atoms with E-state index in [1.807, 2.05) is 0 Å². The van der Waals surface area contributed by atoms with E-state index < -0.39 is 28.9 Å². The van der Waals surface area contributed by atoms with Crippen LogP contribution in [0.15, 0.2) is 24.3 Å². The maximum absolute atomic E-state index is 12.1. The number of para-hydroxylation sites is 2. The second kappa shape index (κ2) is 7.73. The van der Waals surface area contributed by atoms with Crippen LogP contribution in [-0.2, 0) is 14.3 Å². The maximum atomic E-state index is 12.1. The largest absolute Gasteiger partial charge is 0.481 e. The van der Waals surface area contributed by atoms with Gasteiger partial charge in [-0.1, -0.05) is 12.1 Å². The Labute approximate surface area is 137 Å². The molecule has 1 aliphatic rings. The van der Waals surface area contributed by atoms with Gasteiger partial charge < -0.3 is 19.9 Å². The topological polar surface area (TPSA) is 128 Å². The fourth-order valence-electron chi connectivity index (χ4n) is 2.60. The number of carbonyl (C=O) groups is 2. The molecule has 1 aromatic rings. The van der Waals surface area contributed by atoms with Crippen molar-refractivity contribution in [3.05, 3.63) is 34.4 Å². The van der Waals surface area contributed by atoms with E-state index in [1.165, 1.54) is 18.2 Å². The summed E-state index contributed by atoms with van der Waals surface area (Å²) in [6.45, 7) is 0.282. The SMILES string of the molecule is O=C(O)CC1(NC(=O)COc2ccccc2[N+](=O)[O-])CCOCC1. The minimum Gasteiger partial charge on any atom is -0.481 e. The zero-order chi connectivity index (χ0) is 17.6. The number of nitro groups is 1. The summed E-state index contributed by atoms with van der Waals surface area (Å²) in [7, 11) is 0. The van der Waals surface area contributed by atoms with Crippen LogP contribution < -0.4 is 10.1 Å². The van der Waals surface area contributed by atoms with Crippen LogP contribution in [0.5, 0.6) is 5.75 Å². The molecule has 1 aliphatic heterocycles. The third kappa shape index (κ3) is 4.66. The predicted molar refractivity (Wildman–Crippen MR) is 81.8 cm³/mol. The number of aliphatic carboxylic acids is 1. The number of benzene rings is 1. The van der Waals surface area contributed by atoms with E-state index in [1.54, 1.807) is 6.07 Å². The maximum Gasteiger partial charge on any atom is 0.310 e. The van der Waals surface area contributed by atoms with Gasteiger partial charge in [0.1, 0.15) is 0 Å². The number of rotatable bonds is 7. The van der Waals surface area contributed by atoms with Gasteiger partial charge in [0.25, 0.3) is 5.91 Å². The molecule has 0 aromatic heterocycles. The molecule has 0 bridgehead atoms. The standard InChI is InChI=1S/C15H18N2O7/c18-13(10-24-12-4-2-1-3-11(12)17(21)22)16-15(9-14(19)20)5-7-23-8-6-15/h1-4H,5-10H2,(H,16,18)(H,19,20). The van der Waals surface area contributed by atoms with Gasteiger partial charge in [0.2, 0.25) is 0 Å². The van der Waals surface area contributed by atoms with Crippen LogP contribution in [0.25, 0.3) is 0 Å². The lowest BCUT2D eigenvalue weighted by Gasteiger charge is -2.36. The van der Waals surface area contributed by atoms with Crippen molar-refractivity contribution < 1.29 is 29.1 Å². The molecule has 2 rings (SSSR count). The summed E-state index contributed by atoms with van der Waals surface area (Å²) in [5, 5.41) is 22.6. The monoisotopic (exact) mass is 338 g/mol. The minimum absolute atomic E-state index is 0.0167. The molecule has 1 heterocycles. The summed E-state index contributed by atoms with van der Waals surface area (Å²) in [5.41, 5.74) is -1.12. The van der Waals surface area contributed by atoms with Gasteiger partial charge in [-0.25, -0.2) is 0 Å². The fourth-order valence-corrected chi connectivity index (χ4v) is 2.60. The molecule has 9 nitrogen and oxygen atoms in total. The number of nitro benzene ring substituents is 1. The van der Waals surface area contributed by atoms with Crippen molar-refractivity contribution in [1.29, 1.82) is 0 Å². The molecule has 1 fully saturated rings. The molecule has 1 aromatic carbocycles. The molecule has 0 spiro atoms. The van der Waals surface area contributed by atoms with E-state index in [-0.39, 0.29) is 17.9 Å². The Morgan fingerprint density at radius 3 is 2.62 bits per heavy atom. The van der Waals surface area contributed by atoms with E-state index in [2.05, 4.69) is 5.32 Å². The summed E-state index contributed by atoms with van der Waals surface area (Å²) < 4.78 is 10.4. The number of carbonyl (C=O) groups excluding carboxylic acids is 1. The highest BCUT2D eigenvalue weighted by Crippen LogP contribution is 2.27. The zero-order valence-electron chi connectivity index (χ0n) is 12.9. The van der Waals surface area contributed by atoms with Crippen molar-refractivity contribution in [2.75, 3.05) is 19.8 Å². The normalized spacial score (nSPS) is 16.2. The Morgan fingerprint density at radius 2 is 2.00 bits per heavy atom. The molecule has 0 radical (unpaired) electrons. The van der Waals surface area contributed by atoms with E-state index in [9.17, 15) is 19.7 Å². The van der Waals surface area contributed by atoms with Crippen LogP contribution in [0.1, 0.15) is 19.3 Å².